The van der Waals surface area contributed by atoms with E-state index in [4.69, 9.17) is 4.74 Å². The van der Waals surface area contributed by atoms with E-state index in [-0.39, 0.29) is 0 Å². The van der Waals surface area contributed by atoms with Crippen LogP contribution in [0.4, 0.5) is 10.5 Å². The molecule has 0 aliphatic heterocycles. The number of para-hydroxylation sites is 1. The van der Waals surface area contributed by atoms with Gasteiger partial charge >= 0.3 is 6.09 Å². The largest absolute Gasteiger partial charge is 0.444 e. The summed E-state index contributed by atoms with van der Waals surface area (Å²) in [6, 6.07) is 18.1. The molecule has 1 amide bonds. The average Bonchev–Trinajstić information content (AvgIpc) is 3.13. The topological polar surface area (TPSA) is 90.5 Å². The number of nitrogens with zero attached hydrogens (tertiary/aromatic N) is 1. The minimum atomic E-state index is -0.517. The molecule has 7 heteroatoms. The summed E-state index contributed by atoms with van der Waals surface area (Å²) in [4.78, 5) is 19.5. The highest BCUT2D eigenvalue weighted by Gasteiger charge is 2.16. The summed E-state index contributed by atoms with van der Waals surface area (Å²) in [6.45, 7) is 6.92. The molecule has 0 radical (unpaired) electrons. The number of aromatic nitrogens is 1. The van der Waals surface area contributed by atoms with Crippen molar-refractivity contribution in [2.24, 2.45) is 4.99 Å². The van der Waals surface area contributed by atoms with E-state index in [9.17, 15) is 4.79 Å². The van der Waals surface area contributed by atoms with Gasteiger partial charge in [-0.3, -0.25) is 10.3 Å². The van der Waals surface area contributed by atoms with Gasteiger partial charge in [0, 0.05) is 30.5 Å². The molecule has 0 unspecified atom stereocenters. The Morgan fingerprint density at radius 2 is 1.81 bits per heavy atom. The second-order valence-corrected chi connectivity index (χ2v) is 8.31. The number of amides is 1. The number of fused-ring (bicyclic) bond motifs is 1. The summed E-state index contributed by atoms with van der Waals surface area (Å²) < 4.78 is 5.27. The summed E-state index contributed by atoms with van der Waals surface area (Å²) in [5.41, 5.74) is 3.59. The van der Waals surface area contributed by atoms with Crippen LogP contribution in [0.15, 0.2) is 59.6 Å². The molecule has 0 saturated heterocycles. The van der Waals surface area contributed by atoms with Crippen molar-refractivity contribution in [3.63, 3.8) is 0 Å². The maximum atomic E-state index is 11.8. The van der Waals surface area contributed by atoms with Crippen LogP contribution in [-0.2, 0) is 17.7 Å². The zero-order valence-electron chi connectivity index (χ0n) is 18.6. The first kappa shape index (κ1) is 22.2. The summed E-state index contributed by atoms with van der Waals surface area (Å²) >= 11 is 0. The van der Waals surface area contributed by atoms with Crippen molar-refractivity contribution in [2.45, 2.75) is 39.3 Å². The van der Waals surface area contributed by atoms with Crippen LogP contribution >= 0.6 is 0 Å². The van der Waals surface area contributed by atoms with Crippen LogP contribution in [0, 0.1) is 0 Å². The van der Waals surface area contributed by atoms with E-state index in [1.54, 1.807) is 7.05 Å². The molecule has 0 aliphatic rings. The molecule has 0 saturated carbocycles. The monoisotopic (exact) mass is 421 g/mol. The molecule has 0 fully saturated rings. The number of nitrogens with one attached hydrogen (secondary N) is 4. The van der Waals surface area contributed by atoms with Gasteiger partial charge in [-0.1, -0.05) is 30.3 Å². The molecule has 0 aliphatic carbocycles. The molecule has 0 bridgehead atoms. The van der Waals surface area contributed by atoms with Crippen LogP contribution in [0.25, 0.3) is 10.9 Å². The fourth-order valence-electron chi connectivity index (χ4n) is 3.13. The smallest absolute Gasteiger partial charge is 0.412 e. The number of H-pyrrole nitrogens is 1. The van der Waals surface area contributed by atoms with Crippen molar-refractivity contribution >= 4 is 28.6 Å². The van der Waals surface area contributed by atoms with Gasteiger partial charge in [0.1, 0.15) is 5.60 Å². The molecule has 3 rings (SSSR count). The van der Waals surface area contributed by atoms with Gasteiger partial charge in [0.05, 0.1) is 6.54 Å². The van der Waals surface area contributed by atoms with Crippen molar-refractivity contribution < 1.29 is 9.53 Å². The Balaban J connectivity index is 1.42. The summed E-state index contributed by atoms with van der Waals surface area (Å²) in [5, 5.41) is 10.6. The first-order valence-electron chi connectivity index (χ1n) is 10.4. The van der Waals surface area contributed by atoms with Crippen molar-refractivity contribution in [2.75, 3.05) is 18.9 Å². The molecule has 3 aromatic rings. The lowest BCUT2D eigenvalue weighted by Gasteiger charge is -2.19. The fourth-order valence-corrected chi connectivity index (χ4v) is 3.13. The van der Waals surface area contributed by atoms with Gasteiger partial charge < -0.3 is 20.4 Å². The molecule has 31 heavy (non-hydrogen) atoms. The van der Waals surface area contributed by atoms with Crippen LogP contribution in [0.5, 0.6) is 0 Å². The number of carbonyl (C=O) groups is 1. The van der Waals surface area contributed by atoms with Crippen molar-refractivity contribution in [1.82, 2.24) is 15.6 Å². The Bertz CT molecular complexity index is 999. The Hall–Kier alpha value is -3.48. The van der Waals surface area contributed by atoms with Crippen LogP contribution < -0.4 is 16.0 Å². The summed E-state index contributed by atoms with van der Waals surface area (Å²) in [5.74, 6) is 0.752. The number of hydrogen-bond acceptors (Lipinski definition) is 3. The van der Waals surface area contributed by atoms with Gasteiger partial charge in [-0.05, 0) is 62.4 Å². The molecule has 1 heterocycles. The van der Waals surface area contributed by atoms with E-state index in [0.29, 0.717) is 12.2 Å². The number of guanidine groups is 1. The van der Waals surface area contributed by atoms with E-state index >= 15 is 0 Å². The predicted molar refractivity (Wildman–Crippen MR) is 127 cm³/mol. The zero-order valence-corrected chi connectivity index (χ0v) is 18.6. The SMILES string of the molecule is CN=C(NCCc1ccc(NC(=O)OC(C)(C)C)cc1)NCc1cc2ccccc2[nH]1. The first-order chi connectivity index (χ1) is 14.8. The van der Waals surface area contributed by atoms with E-state index in [0.717, 1.165) is 35.7 Å². The van der Waals surface area contributed by atoms with E-state index in [1.165, 1.54) is 5.39 Å². The molecule has 0 atom stereocenters. The van der Waals surface area contributed by atoms with E-state index < -0.39 is 11.7 Å². The maximum absolute atomic E-state index is 11.8. The molecule has 164 valence electrons. The second-order valence-electron chi connectivity index (χ2n) is 8.31. The molecular formula is C24H31N5O2. The number of carbonyl (C=O) groups excluding carboxylic acids is 1. The Morgan fingerprint density at radius 3 is 2.48 bits per heavy atom. The first-order valence-corrected chi connectivity index (χ1v) is 10.4. The number of hydrogen-bond donors (Lipinski definition) is 4. The quantitative estimate of drug-likeness (QED) is 0.350. The van der Waals surface area contributed by atoms with Gasteiger partial charge in [0.25, 0.3) is 0 Å². The van der Waals surface area contributed by atoms with Crippen LogP contribution in [-0.4, -0.2) is 36.2 Å². The summed E-state index contributed by atoms with van der Waals surface area (Å²) in [7, 11) is 1.76. The average molecular weight is 422 g/mol. The molecule has 2 aromatic carbocycles. The van der Waals surface area contributed by atoms with Gasteiger partial charge in [0.15, 0.2) is 5.96 Å². The fraction of sp³-hybridized carbons (Fsp3) is 0.333. The Morgan fingerprint density at radius 1 is 1.06 bits per heavy atom. The predicted octanol–water partition coefficient (Wildman–Crippen LogP) is 4.42. The van der Waals surface area contributed by atoms with Crippen molar-refractivity contribution in [3.8, 4) is 0 Å². The highest BCUT2D eigenvalue weighted by molar-refractivity contribution is 5.85. The van der Waals surface area contributed by atoms with E-state index in [1.807, 2.05) is 57.2 Å². The van der Waals surface area contributed by atoms with Crippen LogP contribution in [0.2, 0.25) is 0 Å². The van der Waals surface area contributed by atoms with Crippen molar-refractivity contribution in [1.29, 1.82) is 0 Å². The number of aromatic amines is 1. The zero-order chi connectivity index (χ0) is 22.3. The Kier molecular flexibility index (Phi) is 7.18. The molecule has 0 spiro atoms. The second kappa shape index (κ2) is 10.0. The van der Waals surface area contributed by atoms with E-state index in [2.05, 4.69) is 44.1 Å². The molecule has 7 nitrogen and oxygen atoms in total. The molecule has 4 N–H and O–H groups in total. The summed E-state index contributed by atoms with van der Waals surface area (Å²) in [6.07, 6.45) is 0.381. The van der Waals surface area contributed by atoms with Crippen LogP contribution in [0.3, 0.4) is 0 Å². The maximum Gasteiger partial charge on any atom is 0.412 e. The number of anilines is 1. The third kappa shape index (κ3) is 7.06. The minimum absolute atomic E-state index is 0.452. The number of rotatable bonds is 6. The third-order valence-electron chi connectivity index (χ3n) is 4.56. The Labute approximate surface area is 183 Å². The highest BCUT2D eigenvalue weighted by atomic mass is 16.6. The standard InChI is InChI=1S/C24H31N5O2/c1-24(2,3)31-23(30)29-19-11-9-17(10-12-19)13-14-26-22(25-4)27-16-20-15-18-7-5-6-8-21(18)28-20/h5-12,15,28H,13-14,16H2,1-4H3,(H,29,30)(H2,25,26,27). The number of benzene rings is 2. The van der Waals surface area contributed by atoms with Crippen LogP contribution in [0.1, 0.15) is 32.0 Å². The van der Waals surface area contributed by atoms with Crippen molar-refractivity contribution in [3.05, 3.63) is 65.9 Å². The van der Waals surface area contributed by atoms with Gasteiger partial charge in [-0.2, -0.15) is 0 Å². The van der Waals surface area contributed by atoms with Gasteiger partial charge in [0.2, 0.25) is 0 Å². The highest BCUT2D eigenvalue weighted by Crippen LogP contribution is 2.15. The van der Waals surface area contributed by atoms with Gasteiger partial charge in [-0.15, -0.1) is 0 Å². The lowest BCUT2D eigenvalue weighted by Crippen LogP contribution is -2.37. The lowest BCUT2D eigenvalue weighted by atomic mass is 10.1. The molecular weight excluding hydrogens is 390 g/mol. The lowest BCUT2D eigenvalue weighted by molar-refractivity contribution is 0.0636. The number of aliphatic imine (C=N–C) groups is 1. The normalized spacial score (nSPS) is 11.9. The minimum Gasteiger partial charge on any atom is -0.444 e. The number of ether oxygens (including phenoxy) is 1. The molecule has 1 aromatic heterocycles. The van der Waals surface area contributed by atoms with Gasteiger partial charge in [-0.25, -0.2) is 4.79 Å². The third-order valence-corrected chi connectivity index (χ3v) is 4.56.